The Morgan fingerprint density at radius 1 is 1.26 bits per heavy atom. The van der Waals surface area contributed by atoms with Gasteiger partial charge in [0, 0.05) is 30.4 Å². The van der Waals surface area contributed by atoms with Gasteiger partial charge in [-0.05, 0) is 24.6 Å². The van der Waals surface area contributed by atoms with Crippen LogP contribution >= 0.6 is 0 Å². The van der Waals surface area contributed by atoms with E-state index in [0.29, 0.717) is 38.1 Å². The lowest BCUT2D eigenvalue weighted by atomic mass is 10.1. The average molecular weight is 314 g/mol. The minimum Gasteiger partial charge on any atom is -0.370 e. The third kappa shape index (κ3) is 3.93. The highest BCUT2D eigenvalue weighted by Crippen LogP contribution is 2.24. The molecule has 0 radical (unpaired) electrons. The second kappa shape index (κ2) is 7.33. The van der Waals surface area contributed by atoms with Gasteiger partial charge in [0.25, 0.3) is 0 Å². The molecule has 0 saturated carbocycles. The SMILES string of the molecule is O=C(CCc1ccccn1)N1CCOC(c2ccccc2F)C1. The maximum atomic E-state index is 13.9. The molecule has 1 amide bonds. The van der Waals surface area contributed by atoms with E-state index in [4.69, 9.17) is 4.74 Å². The molecule has 2 heterocycles. The Kier molecular flexibility index (Phi) is 4.98. The highest BCUT2D eigenvalue weighted by atomic mass is 19.1. The topological polar surface area (TPSA) is 42.4 Å². The molecule has 0 bridgehead atoms. The van der Waals surface area contributed by atoms with Gasteiger partial charge in [-0.1, -0.05) is 24.3 Å². The fraction of sp³-hybridized carbons (Fsp3) is 0.333. The Morgan fingerprint density at radius 2 is 2.09 bits per heavy atom. The lowest BCUT2D eigenvalue weighted by Gasteiger charge is -2.33. The molecule has 5 heteroatoms. The van der Waals surface area contributed by atoms with Gasteiger partial charge in [0.05, 0.1) is 13.2 Å². The molecule has 1 saturated heterocycles. The maximum Gasteiger partial charge on any atom is 0.223 e. The van der Waals surface area contributed by atoms with Gasteiger partial charge >= 0.3 is 0 Å². The van der Waals surface area contributed by atoms with Crippen LogP contribution in [-0.2, 0) is 16.0 Å². The molecule has 0 spiro atoms. The van der Waals surface area contributed by atoms with Gasteiger partial charge in [-0.3, -0.25) is 9.78 Å². The highest BCUT2D eigenvalue weighted by molar-refractivity contribution is 5.76. The lowest BCUT2D eigenvalue weighted by molar-refractivity contribution is -0.139. The van der Waals surface area contributed by atoms with Gasteiger partial charge in [0.1, 0.15) is 11.9 Å². The van der Waals surface area contributed by atoms with E-state index in [1.807, 2.05) is 18.2 Å². The first-order valence-corrected chi connectivity index (χ1v) is 7.78. The fourth-order valence-electron chi connectivity index (χ4n) is 2.74. The van der Waals surface area contributed by atoms with Gasteiger partial charge in [-0.2, -0.15) is 0 Å². The standard InChI is InChI=1S/C18H19FN2O2/c19-16-7-2-1-6-15(16)17-13-21(11-12-23-17)18(22)9-8-14-5-3-4-10-20-14/h1-7,10,17H,8-9,11-13H2. The zero-order valence-corrected chi connectivity index (χ0v) is 12.8. The minimum atomic E-state index is -0.399. The molecule has 0 N–H and O–H groups in total. The number of pyridine rings is 1. The molecule has 23 heavy (non-hydrogen) atoms. The Morgan fingerprint density at radius 3 is 2.87 bits per heavy atom. The van der Waals surface area contributed by atoms with Gasteiger partial charge in [-0.25, -0.2) is 4.39 Å². The molecule has 4 nitrogen and oxygen atoms in total. The maximum absolute atomic E-state index is 13.9. The summed E-state index contributed by atoms with van der Waals surface area (Å²) in [6, 6.07) is 12.2. The van der Waals surface area contributed by atoms with Crippen molar-refractivity contribution in [3.8, 4) is 0 Å². The Bertz CT molecular complexity index is 663. The van der Waals surface area contributed by atoms with Crippen LogP contribution < -0.4 is 0 Å². The monoisotopic (exact) mass is 314 g/mol. The van der Waals surface area contributed by atoms with Crippen molar-refractivity contribution in [1.29, 1.82) is 0 Å². The van der Waals surface area contributed by atoms with Crippen molar-refractivity contribution in [3.63, 3.8) is 0 Å². The smallest absolute Gasteiger partial charge is 0.223 e. The predicted molar refractivity (Wildman–Crippen MR) is 84.2 cm³/mol. The summed E-state index contributed by atoms with van der Waals surface area (Å²) in [4.78, 5) is 18.4. The number of aryl methyl sites for hydroxylation is 1. The van der Waals surface area contributed by atoms with Crippen molar-refractivity contribution in [2.75, 3.05) is 19.7 Å². The Balaban J connectivity index is 1.60. The van der Waals surface area contributed by atoms with Crippen molar-refractivity contribution < 1.29 is 13.9 Å². The van der Waals surface area contributed by atoms with Crippen molar-refractivity contribution in [2.24, 2.45) is 0 Å². The number of aromatic nitrogens is 1. The van der Waals surface area contributed by atoms with Crippen LogP contribution in [0.3, 0.4) is 0 Å². The van der Waals surface area contributed by atoms with Crippen LogP contribution in [0.4, 0.5) is 4.39 Å². The second-order valence-corrected chi connectivity index (χ2v) is 5.54. The third-order valence-electron chi connectivity index (χ3n) is 3.99. The van der Waals surface area contributed by atoms with Crippen LogP contribution in [0.1, 0.15) is 23.8 Å². The first-order valence-electron chi connectivity index (χ1n) is 7.78. The number of ether oxygens (including phenoxy) is 1. The molecule has 1 aliphatic heterocycles. The number of morpholine rings is 1. The average Bonchev–Trinajstić information content (AvgIpc) is 2.61. The molecule has 3 rings (SSSR count). The number of hydrogen-bond acceptors (Lipinski definition) is 3. The van der Waals surface area contributed by atoms with Crippen LogP contribution in [0.5, 0.6) is 0 Å². The molecular weight excluding hydrogens is 295 g/mol. The van der Waals surface area contributed by atoms with Crippen LogP contribution in [0, 0.1) is 5.82 Å². The minimum absolute atomic E-state index is 0.0558. The van der Waals surface area contributed by atoms with E-state index < -0.39 is 6.10 Å². The van der Waals surface area contributed by atoms with E-state index in [0.717, 1.165) is 5.69 Å². The number of carbonyl (C=O) groups excluding carboxylic acids is 1. The predicted octanol–water partition coefficient (Wildman–Crippen LogP) is 2.75. The Labute approximate surface area is 134 Å². The first kappa shape index (κ1) is 15.6. The molecule has 0 aliphatic carbocycles. The molecule has 1 aliphatic rings. The fourth-order valence-corrected chi connectivity index (χ4v) is 2.74. The number of halogens is 1. The number of benzene rings is 1. The van der Waals surface area contributed by atoms with E-state index in [2.05, 4.69) is 4.98 Å². The first-order chi connectivity index (χ1) is 11.2. The summed E-state index contributed by atoms with van der Waals surface area (Å²) in [5.74, 6) is -0.236. The van der Waals surface area contributed by atoms with E-state index in [1.54, 1.807) is 29.3 Å². The molecule has 1 aromatic carbocycles. The number of carbonyl (C=O) groups is 1. The quantitative estimate of drug-likeness (QED) is 0.871. The van der Waals surface area contributed by atoms with Gasteiger partial charge in [0.2, 0.25) is 5.91 Å². The van der Waals surface area contributed by atoms with Gasteiger partial charge in [0.15, 0.2) is 0 Å². The van der Waals surface area contributed by atoms with E-state index in [9.17, 15) is 9.18 Å². The number of amides is 1. The third-order valence-corrected chi connectivity index (χ3v) is 3.99. The number of rotatable bonds is 4. The number of nitrogens with zero attached hydrogens (tertiary/aromatic N) is 2. The molecule has 1 unspecified atom stereocenters. The van der Waals surface area contributed by atoms with Gasteiger partial charge < -0.3 is 9.64 Å². The van der Waals surface area contributed by atoms with Crippen LogP contribution in [-0.4, -0.2) is 35.5 Å². The lowest BCUT2D eigenvalue weighted by Crippen LogP contribution is -2.42. The van der Waals surface area contributed by atoms with Crippen molar-refractivity contribution in [1.82, 2.24) is 9.88 Å². The van der Waals surface area contributed by atoms with Crippen LogP contribution in [0.2, 0.25) is 0 Å². The van der Waals surface area contributed by atoms with Crippen molar-refractivity contribution >= 4 is 5.91 Å². The van der Waals surface area contributed by atoms with Crippen LogP contribution in [0.25, 0.3) is 0 Å². The second-order valence-electron chi connectivity index (χ2n) is 5.54. The molecular formula is C18H19FN2O2. The van der Waals surface area contributed by atoms with Crippen molar-refractivity contribution in [3.05, 3.63) is 65.7 Å². The summed E-state index contributed by atoms with van der Waals surface area (Å²) in [6.07, 6.45) is 2.34. The summed E-state index contributed by atoms with van der Waals surface area (Å²) in [7, 11) is 0. The molecule has 1 fully saturated rings. The summed E-state index contributed by atoms with van der Waals surface area (Å²) in [5, 5.41) is 0. The summed E-state index contributed by atoms with van der Waals surface area (Å²) < 4.78 is 19.5. The Hall–Kier alpha value is -2.27. The van der Waals surface area contributed by atoms with Crippen molar-refractivity contribution in [2.45, 2.75) is 18.9 Å². The normalized spacial score (nSPS) is 18.0. The summed E-state index contributed by atoms with van der Waals surface area (Å²) >= 11 is 0. The van der Waals surface area contributed by atoms with Crippen LogP contribution in [0.15, 0.2) is 48.7 Å². The molecule has 2 aromatic rings. The molecule has 1 aromatic heterocycles. The molecule has 1 atom stereocenters. The zero-order chi connectivity index (χ0) is 16.1. The van der Waals surface area contributed by atoms with E-state index >= 15 is 0 Å². The van der Waals surface area contributed by atoms with E-state index in [-0.39, 0.29) is 11.7 Å². The van der Waals surface area contributed by atoms with E-state index in [1.165, 1.54) is 6.07 Å². The largest absolute Gasteiger partial charge is 0.370 e. The number of hydrogen-bond donors (Lipinski definition) is 0. The summed E-state index contributed by atoms with van der Waals surface area (Å²) in [6.45, 7) is 1.36. The van der Waals surface area contributed by atoms with Gasteiger partial charge in [-0.15, -0.1) is 0 Å². The zero-order valence-electron chi connectivity index (χ0n) is 12.8. The summed E-state index contributed by atoms with van der Waals surface area (Å²) in [5.41, 5.74) is 1.41. The highest BCUT2D eigenvalue weighted by Gasteiger charge is 2.26. The molecule has 120 valence electrons.